The minimum absolute atomic E-state index is 0.164. The van der Waals surface area contributed by atoms with E-state index in [2.05, 4.69) is 15.6 Å². The molecule has 1 amide bonds. The third kappa shape index (κ3) is 8.29. The van der Waals surface area contributed by atoms with Crippen molar-refractivity contribution in [3.63, 3.8) is 0 Å². The summed E-state index contributed by atoms with van der Waals surface area (Å²) >= 11 is 0. The van der Waals surface area contributed by atoms with Crippen molar-refractivity contribution in [2.45, 2.75) is 99.6 Å². The number of hydrogen-bond donors (Lipinski definition) is 11. The van der Waals surface area contributed by atoms with Crippen LogP contribution >= 0.6 is 0 Å². The highest BCUT2D eigenvalue weighted by Gasteiger charge is 2.50. The van der Waals surface area contributed by atoms with E-state index in [0.717, 1.165) is 0 Å². The summed E-state index contributed by atoms with van der Waals surface area (Å²) in [6.07, 6.45) is -20.0. The predicted octanol–water partition coefficient (Wildman–Crippen LogP) is -5.25. The van der Waals surface area contributed by atoms with Gasteiger partial charge in [-0.25, -0.2) is 4.98 Å². The van der Waals surface area contributed by atoms with Gasteiger partial charge in [0.15, 0.2) is 12.6 Å². The second-order valence-corrected chi connectivity index (χ2v) is 10.2. The van der Waals surface area contributed by atoms with E-state index in [4.69, 9.17) is 18.9 Å². The van der Waals surface area contributed by atoms with Crippen LogP contribution < -0.4 is 10.6 Å². The number of nitrogens with one attached hydrogen (secondary N) is 2. The first-order valence-electron chi connectivity index (χ1n) is 13.4. The van der Waals surface area contributed by atoms with Gasteiger partial charge < -0.3 is 75.5 Å². The smallest absolute Gasteiger partial charge is 0.217 e. The van der Waals surface area contributed by atoms with Crippen molar-refractivity contribution in [1.29, 1.82) is 0 Å². The standard InChI is InChI=1S/C25H41N3O14/c1-10-16(33)18(35)20(37)24(39-10)42-23(13(32)8-29)22(41-25-21(38)19(36)17(34)14(9-30)40-25)12(28-11(2)31)7-27-15-5-3-4-6-26-15/h3-6,10,12-14,16-25,29-30,32-38H,7-9H2,1-2H3,(H,26,27)(H,28,31)/t10-,12-,13+,14+,16+,17-,18+,19-,20-,21+,22+,23+,24-,25-/m0/s1. The quantitative estimate of drug-likeness (QED) is 0.0999. The Morgan fingerprint density at radius 2 is 1.55 bits per heavy atom. The van der Waals surface area contributed by atoms with Crippen LogP contribution in [0.15, 0.2) is 24.4 Å². The number of carbonyl (C=O) groups is 1. The topological polar surface area (TPSA) is 273 Å². The molecule has 2 saturated heterocycles. The number of aromatic nitrogens is 1. The summed E-state index contributed by atoms with van der Waals surface area (Å²) in [4.78, 5) is 16.4. The van der Waals surface area contributed by atoms with E-state index in [1.54, 1.807) is 18.2 Å². The van der Waals surface area contributed by atoms with Crippen molar-refractivity contribution in [2.75, 3.05) is 25.1 Å². The Bertz CT molecular complexity index is 964. The van der Waals surface area contributed by atoms with Gasteiger partial charge in [-0.1, -0.05) is 6.07 Å². The van der Waals surface area contributed by atoms with Crippen LogP contribution in [0.25, 0.3) is 0 Å². The molecule has 0 aliphatic carbocycles. The van der Waals surface area contributed by atoms with E-state index in [1.165, 1.54) is 20.0 Å². The van der Waals surface area contributed by atoms with Gasteiger partial charge in [-0.2, -0.15) is 0 Å². The van der Waals surface area contributed by atoms with Gasteiger partial charge in [0.25, 0.3) is 0 Å². The third-order valence-corrected chi connectivity index (χ3v) is 7.08. The fourth-order valence-corrected chi connectivity index (χ4v) is 4.70. The fraction of sp³-hybridized carbons (Fsp3) is 0.760. The van der Waals surface area contributed by atoms with Gasteiger partial charge in [-0.3, -0.25) is 4.79 Å². The van der Waals surface area contributed by atoms with Gasteiger partial charge in [0.05, 0.1) is 25.4 Å². The highest BCUT2D eigenvalue weighted by molar-refractivity contribution is 5.73. The Morgan fingerprint density at radius 1 is 0.929 bits per heavy atom. The second-order valence-electron chi connectivity index (χ2n) is 10.2. The number of nitrogens with zero attached hydrogens (tertiary/aromatic N) is 1. The molecule has 2 aliphatic heterocycles. The zero-order chi connectivity index (χ0) is 31.1. The molecule has 1 aromatic heterocycles. The number of hydrogen-bond acceptors (Lipinski definition) is 16. The number of aliphatic hydroxyl groups is 9. The highest BCUT2D eigenvalue weighted by Crippen LogP contribution is 2.29. The molecule has 17 nitrogen and oxygen atoms in total. The van der Waals surface area contributed by atoms with Crippen LogP contribution in [0.1, 0.15) is 13.8 Å². The van der Waals surface area contributed by atoms with E-state index in [9.17, 15) is 50.8 Å². The minimum Gasteiger partial charge on any atom is -0.394 e. The van der Waals surface area contributed by atoms with E-state index < -0.39 is 105 Å². The molecule has 1 aromatic rings. The van der Waals surface area contributed by atoms with Crippen LogP contribution in [0.5, 0.6) is 0 Å². The van der Waals surface area contributed by atoms with Crippen LogP contribution in [0.2, 0.25) is 0 Å². The van der Waals surface area contributed by atoms with Crippen molar-refractivity contribution in [2.24, 2.45) is 0 Å². The monoisotopic (exact) mass is 607 g/mol. The Balaban J connectivity index is 2.00. The summed E-state index contributed by atoms with van der Waals surface area (Å²) in [5.41, 5.74) is 0. The average Bonchev–Trinajstić information content (AvgIpc) is 2.98. The number of anilines is 1. The molecular formula is C25H41N3O14. The van der Waals surface area contributed by atoms with Crippen molar-refractivity contribution in [3.8, 4) is 0 Å². The molecule has 3 rings (SSSR count). The minimum atomic E-state index is -1.90. The third-order valence-electron chi connectivity index (χ3n) is 7.08. The number of ether oxygens (including phenoxy) is 4. The first-order valence-corrected chi connectivity index (χ1v) is 13.4. The van der Waals surface area contributed by atoms with Crippen molar-refractivity contribution in [3.05, 3.63) is 24.4 Å². The van der Waals surface area contributed by atoms with E-state index in [0.29, 0.717) is 5.82 Å². The lowest BCUT2D eigenvalue weighted by Gasteiger charge is -2.45. The summed E-state index contributed by atoms with van der Waals surface area (Å²) < 4.78 is 22.8. The molecule has 42 heavy (non-hydrogen) atoms. The zero-order valence-corrected chi connectivity index (χ0v) is 23.0. The molecule has 2 aliphatic rings. The zero-order valence-electron chi connectivity index (χ0n) is 23.0. The van der Waals surface area contributed by atoms with Gasteiger partial charge in [0.1, 0.15) is 66.9 Å². The second kappa shape index (κ2) is 15.6. The molecule has 0 aromatic carbocycles. The lowest BCUT2D eigenvalue weighted by molar-refractivity contribution is -0.346. The molecule has 11 N–H and O–H groups in total. The van der Waals surface area contributed by atoms with Gasteiger partial charge in [0, 0.05) is 19.7 Å². The van der Waals surface area contributed by atoms with Gasteiger partial charge in [-0.05, 0) is 19.1 Å². The molecule has 0 bridgehead atoms. The van der Waals surface area contributed by atoms with Gasteiger partial charge in [0.2, 0.25) is 5.91 Å². The molecule has 0 unspecified atom stereocenters. The summed E-state index contributed by atoms with van der Waals surface area (Å²) in [5.74, 6) is -0.208. The normalized spacial score (nSPS) is 36.5. The molecule has 17 heteroatoms. The van der Waals surface area contributed by atoms with Crippen molar-refractivity contribution < 1.29 is 69.7 Å². The number of pyridine rings is 1. The summed E-state index contributed by atoms with van der Waals surface area (Å²) in [6.45, 7) is 0.702. The first-order chi connectivity index (χ1) is 19.9. The summed E-state index contributed by atoms with van der Waals surface area (Å²) in [7, 11) is 0. The summed E-state index contributed by atoms with van der Waals surface area (Å²) in [5, 5.41) is 98.0. The Kier molecular flexibility index (Phi) is 12.8. The van der Waals surface area contributed by atoms with Crippen molar-refractivity contribution >= 4 is 11.7 Å². The van der Waals surface area contributed by atoms with Crippen LogP contribution in [-0.2, 0) is 23.7 Å². The fourth-order valence-electron chi connectivity index (χ4n) is 4.70. The molecule has 14 atom stereocenters. The molecule has 0 radical (unpaired) electrons. The predicted molar refractivity (Wildman–Crippen MR) is 139 cm³/mol. The first kappa shape index (κ1) is 34.4. The number of carbonyl (C=O) groups excluding carboxylic acids is 1. The van der Waals surface area contributed by atoms with Gasteiger partial charge >= 0.3 is 0 Å². The average molecular weight is 608 g/mol. The van der Waals surface area contributed by atoms with E-state index >= 15 is 0 Å². The molecule has 3 heterocycles. The molecule has 240 valence electrons. The van der Waals surface area contributed by atoms with Crippen LogP contribution in [0, 0.1) is 0 Å². The van der Waals surface area contributed by atoms with Crippen LogP contribution in [0.3, 0.4) is 0 Å². The lowest BCUT2D eigenvalue weighted by Crippen LogP contribution is -2.65. The molecule has 2 fully saturated rings. The Hall–Kier alpha value is -2.10. The van der Waals surface area contributed by atoms with Crippen LogP contribution in [0.4, 0.5) is 5.82 Å². The molecule has 0 saturated carbocycles. The van der Waals surface area contributed by atoms with E-state index in [1.807, 2.05) is 0 Å². The van der Waals surface area contributed by atoms with Gasteiger partial charge in [-0.15, -0.1) is 0 Å². The Labute approximate surface area is 241 Å². The highest BCUT2D eigenvalue weighted by atomic mass is 16.7. The molecular weight excluding hydrogens is 566 g/mol. The van der Waals surface area contributed by atoms with Crippen LogP contribution in [-0.4, -0.2) is 162 Å². The molecule has 0 spiro atoms. The Morgan fingerprint density at radius 3 is 2.12 bits per heavy atom. The van der Waals surface area contributed by atoms with Crippen molar-refractivity contribution in [1.82, 2.24) is 10.3 Å². The maximum atomic E-state index is 12.3. The number of rotatable bonds is 13. The SMILES string of the molecule is CC(=O)N[C@@H](CNc1ccccn1)[C@@H](O[C@@H]1O[C@H](CO)[C@H](O)[C@H](O)[C@H]1O)[C@H](O[C@@H]1O[C@@H](C)[C@@H](O)[C@@H](O)[C@@H]1O)[C@H](O)CO. The number of amides is 1. The largest absolute Gasteiger partial charge is 0.394 e. The van der Waals surface area contributed by atoms with E-state index in [-0.39, 0.29) is 6.54 Å². The maximum absolute atomic E-state index is 12.3. The lowest BCUT2D eigenvalue weighted by atomic mass is 9.96. The number of aliphatic hydroxyl groups excluding tert-OH is 9. The summed E-state index contributed by atoms with van der Waals surface area (Å²) in [6, 6.07) is 3.80. The maximum Gasteiger partial charge on any atom is 0.217 e.